The average molecular weight is 410 g/mol. The SMILES string of the molecule is COc1ccc(-c2csc(N/N=C\c3c4ccccc4cc4ccccc34)n2)cc1. The third kappa shape index (κ3) is 3.51. The number of ether oxygens (including phenoxy) is 1. The summed E-state index contributed by atoms with van der Waals surface area (Å²) in [5.74, 6) is 0.833. The molecule has 0 amide bonds. The van der Waals surface area contributed by atoms with Crippen molar-refractivity contribution in [2.24, 2.45) is 5.10 Å². The quantitative estimate of drug-likeness (QED) is 0.203. The molecule has 0 bridgehead atoms. The summed E-state index contributed by atoms with van der Waals surface area (Å²) in [6.07, 6.45) is 1.89. The van der Waals surface area contributed by atoms with Gasteiger partial charge in [-0.05, 0) is 51.9 Å². The molecule has 30 heavy (non-hydrogen) atoms. The van der Waals surface area contributed by atoms with E-state index in [1.54, 1.807) is 7.11 Å². The molecule has 146 valence electrons. The molecule has 0 aliphatic carbocycles. The molecule has 0 spiro atoms. The largest absolute Gasteiger partial charge is 0.497 e. The van der Waals surface area contributed by atoms with Crippen LogP contribution in [-0.2, 0) is 0 Å². The van der Waals surface area contributed by atoms with Crippen LogP contribution in [-0.4, -0.2) is 18.3 Å². The summed E-state index contributed by atoms with van der Waals surface area (Å²) in [5, 5.41) is 12.0. The topological polar surface area (TPSA) is 46.5 Å². The first-order valence-corrected chi connectivity index (χ1v) is 10.5. The minimum atomic E-state index is 0.751. The molecule has 1 N–H and O–H groups in total. The van der Waals surface area contributed by atoms with Gasteiger partial charge in [-0.25, -0.2) is 4.98 Å². The normalized spacial score (nSPS) is 11.4. The molecule has 0 radical (unpaired) electrons. The summed E-state index contributed by atoms with van der Waals surface area (Å²) in [6, 6.07) is 26.9. The lowest BCUT2D eigenvalue weighted by Crippen LogP contribution is -1.93. The molecule has 1 heterocycles. The van der Waals surface area contributed by atoms with Gasteiger partial charge in [-0.3, -0.25) is 5.43 Å². The summed E-state index contributed by atoms with van der Waals surface area (Å²) in [7, 11) is 1.66. The fourth-order valence-electron chi connectivity index (χ4n) is 3.56. The van der Waals surface area contributed by atoms with Gasteiger partial charge in [0.1, 0.15) is 5.75 Å². The lowest BCUT2D eigenvalue weighted by atomic mass is 9.97. The molecule has 0 saturated carbocycles. The number of hydrazone groups is 1. The van der Waals surface area contributed by atoms with Crippen LogP contribution in [0.25, 0.3) is 32.8 Å². The molecule has 4 aromatic carbocycles. The van der Waals surface area contributed by atoms with E-state index < -0.39 is 0 Å². The zero-order chi connectivity index (χ0) is 20.3. The highest BCUT2D eigenvalue weighted by Crippen LogP contribution is 2.28. The van der Waals surface area contributed by atoms with E-state index in [2.05, 4.69) is 70.1 Å². The Bertz CT molecular complexity index is 1300. The Morgan fingerprint density at radius 3 is 2.23 bits per heavy atom. The smallest absolute Gasteiger partial charge is 0.203 e. The highest BCUT2D eigenvalue weighted by Gasteiger charge is 2.07. The van der Waals surface area contributed by atoms with Crippen LogP contribution >= 0.6 is 11.3 Å². The Balaban J connectivity index is 1.43. The van der Waals surface area contributed by atoms with E-state index >= 15 is 0 Å². The van der Waals surface area contributed by atoms with Gasteiger partial charge in [0.25, 0.3) is 0 Å². The maximum Gasteiger partial charge on any atom is 0.203 e. The van der Waals surface area contributed by atoms with E-state index in [4.69, 9.17) is 4.74 Å². The zero-order valence-corrected chi connectivity index (χ0v) is 17.2. The summed E-state index contributed by atoms with van der Waals surface area (Å²) >= 11 is 1.53. The molecule has 0 saturated heterocycles. The molecule has 4 nitrogen and oxygen atoms in total. The van der Waals surface area contributed by atoms with Gasteiger partial charge in [0.05, 0.1) is 19.0 Å². The number of hydrogen-bond acceptors (Lipinski definition) is 5. The third-order valence-corrected chi connectivity index (χ3v) is 5.80. The highest BCUT2D eigenvalue weighted by molar-refractivity contribution is 7.14. The monoisotopic (exact) mass is 409 g/mol. The van der Waals surface area contributed by atoms with Gasteiger partial charge in [0.2, 0.25) is 5.13 Å². The molecule has 5 aromatic rings. The van der Waals surface area contributed by atoms with Crippen molar-refractivity contribution >= 4 is 44.2 Å². The first-order chi connectivity index (χ1) is 14.8. The Morgan fingerprint density at radius 1 is 0.900 bits per heavy atom. The van der Waals surface area contributed by atoms with Crippen LogP contribution in [0.2, 0.25) is 0 Å². The fourth-order valence-corrected chi connectivity index (χ4v) is 4.23. The van der Waals surface area contributed by atoms with Crippen molar-refractivity contribution in [2.75, 3.05) is 12.5 Å². The first-order valence-electron chi connectivity index (χ1n) is 9.61. The Hall–Kier alpha value is -3.70. The predicted molar refractivity (Wildman–Crippen MR) is 127 cm³/mol. The number of fused-ring (bicyclic) bond motifs is 2. The van der Waals surface area contributed by atoms with Gasteiger partial charge in [-0.2, -0.15) is 5.10 Å². The molecule has 5 heteroatoms. The molecule has 1 aromatic heterocycles. The van der Waals surface area contributed by atoms with Crippen molar-refractivity contribution in [3.8, 4) is 17.0 Å². The van der Waals surface area contributed by atoms with Crippen molar-refractivity contribution in [3.05, 3.63) is 89.8 Å². The fraction of sp³-hybridized carbons (Fsp3) is 0.0400. The number of nitrogens with one attached hydrogen (secondary N) is 1. The zero-order valence-electron chi connectivity index (χ0n) is 16.4. The molecule has 0 unspecified atom stereocenters. The van der Waals surface area contributed by atoms with Gasteiger partial charge in [-0.15, -0.1) is 11.3 Å². The van der Waals surface area contributed by atoms with Crippen molar-refractivity contribution in [1.29, 1.82) is 0 Å². The minimum absolute atomic E-state index is 0.751. The number of methoxy groups -OCH3 is 1. The van der Waals surface area contributed by atoms with Crippen LogP contribution in [0.3, 0.4) is 0 Å². The number of rotatable bonds is 5. The summed E-state index contributed by atoms with van der Waals surface area (Å²) < 4.78 is 5.22. The van der Waals surface area contributed by atoms with Crippen molar-refractivity contribution < 1.29 is 4.74 Å². The maximum atomic E-state index is 5.22. The Kier molecular flexibility index (Phi) is 4.87. The molecule has 5 rings (SSSR count). The van der Waals surface area contributed by atoms with E-state index in [0.29, 0.717) is 0 Å². The number of thiazole rings is 1. The number of nitrogens with zero attached hydrogens (tertiary/aromatic N) is 2. The van der Waals surface area contributed by atoms with Crippen LogP contribution in [0.15, 0.2) is 89.3 Å². The average Bonchev–Trinajstić information content (AvgIpc) is 3.27. The van der Waals surface area contributed by atoms with Crippen molar-refractivity contribution in [1.82, 2.24) is 4.98 Å². The van der Waals surface area contributed by atoms with E-state index in [-0.39, 0.29) is 0 Å². The van der Waals surface area contributed by atoms with E-state index in [9.17, 15) is 0 Å². The minimum Gasteiger partial charge on any atom is -0.497 e. The molecule has 0 aliphatic heterocycles. The molecule has 0 aliphatic rings. The van der Waals surface area contributed by atoms with Gasteiger partial charge >= 0.3 is 0 Å². The Labute approximate surface area is 178 Å². The molecular formula is C25H19N3OS. The van der Waals surface area contributed by atoms with Crippen LogP contribution in [0.1, 0.15) is 5.56 Å². The molecular weight excluding hydrogens is 390 g/mol. The maximum absolute atomic E-state index is 5.22. The second-order valence-corrected chi connectivity index (χ2v) is 7.73. The summed E-state index contributed by atoms with van der Waals surface area (Å²) in [5.41, 5.74) is 6.15. The second kappa shape index (κ2) is 7.97. The Morgan fingerprint density at radius 2 is 1.57 bits per heavy atom. The van der Waals surface area contributed by atoms with Crippen LogP contribution in [0, 0.1) is 0 Å². The number of benzene rings is 4. The van der Waals surface area contributed by atoms with Crippen molar-refractivity contribution in [3.63, 3.8) is 0 Å². The first kappa shape index (κ1) is 18.3. The van der Waals surface area contributed by atoms with Gasteiger partial charge < -0.3 is 4.74 Å². The number of aromatic nitrogens is 1. The number of hydrogen-bond donors (Lipinski definition) is 1. The third-order valence-electron chi connectivity index (χ3n) is 5.06. The van der Waals surface area contributed by atoms with Gasteiger partial charge in [-0.1, -0.05) is 48.5 Å². The van der Waals surface area contributed by atoms with Gasteiger partial charge in [0, 0.05) is 16.5 Å². The highest BCUT2D eigenvalue weighted by atomic mass is 32.1. The van der Waals surface area contributed by atoms with E-state index in [1.807, 2.05) is 35.9 Å². The van der Waals surface area contributed by atoms with Gasteiger partial charge in [0.15, 0.2) is 0 Å². The number of anilines is 1. The molecule has 0 atom stereocenters. The lowest BCUT2D eigenvalue weighted by Gasteiger charge is -2.07. The second-order valence-electron chi connectivity index (χ2n) is 6.87. The van der Waals surface area contributed by atoms with Crippen LogP contribution in [0.5, 0.6) is 5.75 Å². The van der Waals surface area contributed by atoms with Crippen LogP contribution in [0.4, 0.5) is 5.13 Å². The van der Waals surface area contributed by atoms with Crippen molar-refractivity contribution in [2.45, 2.75) is 0 Å². The van der Waals surface area contributed by atoms with Crippen LogP contribution < -0.4 is 10.2 Å². The van der Waals surface area contributed by atoms with E-state index in [0.717, 1.165) is 27.7 Å². The summed E-state index contributed by atoms with van der Waals surface area (Å²) in [6.45, 7) is 0. The predicted octanol–water partition coefficient (Wildman–Crippen LogP) is 6.57. The van der Waals surface area contributed by atoms with E-state index in [1.165, 1.54) is 32.9 Å². The molecule has 0 fully saturated rings. The standard InChI is InChI=1S/C25H19N3OS/c1-29-20-12-10-17(11-13-20)24-16-30-25(27-24)28-26-15-23-21-8-4-2-6-18(21)14-19-7-3-5-9-22(19)23/h2-16H,1H3,(H,27,28)/b26-15-. The summed E-state index contributed by atoms with van der Waals surface area (Å²) in [4.78, 5) is 4.64. The lowest BCUT2D eigenvalue weighted by molar-refractivity contribution is 0.415.